The number of rotatable bonds is 65. The number of esters is 1. The van der Waals surface area contributed by atoms with Crippen molar-refractivity contribution in [3.05, 3.63) is 12.2 Å². The molecule has 0 fully saturated rings. The summed E-state index contributed by atoms with van der Waals surface area (Å²) < 4.78 is 5.51. The Morgan fingerprint density at radius 3 is 0.907 bits per heavy atom. The molecule has 0 radical (unpaired) electrons. The highest BCUT2D eigenvalue weighted by molar-refractivity contribution is 5.76. The van der Waals surface area contributed by atoms with Crippen molar-refractivity contribution in [1.29, 1.82) is 0 Å². The average molecular weight is 1060 g/mol. The van der Waals surface area contributed by atoms with Gasteiger partial charge in [-0.1, -0.05) is 360 Å². The Labute approximate surface area is 469 Å². The van der Waals surface area contributed by atoms with Crippen LogP contribution in [0.3, 0.4) is 0 Å². The molecule has 0 spiro atoms. The first-order valence-electron chi connectivity index (χ1n) is 34.5. The van der Waals surface area contributed by atoms with Crippen LogP contribution in [0.2, 0.25) is 0 Å². The van der Waals surface area contributed by atoms with Crippen molar-refractivity contribution in [2.75, 3.05) is 13.2 Å². The molecule has 0 aliphatic rings. The van der Waals surface area contributed by atoms with Gasteiger partial charge in [-0.25, -0.2) is 0 Å². The molecule has 1 amide bonds. The summed E-state index contributed by atoms with van der Waals surface area (Å²) in [5.74, 6) is -0.0406. The molecule has 0 bridgehead atoms. The molecular formula is C69H135NO5. The minimum atomic E-state index is -0.841. The zero-order valence-corrected chi connectivity index (χ0v) is 51.1. The Balaban J connectivity index is 3.32. The fourth-order valence-electron chi connectivity index (χ4n) is 11.1. The number of aliphatic hydroxyl groups is 2. The highest BCUT2D eigenvalue weighted by Gasteiger charge is 2.18. The predicted molar refractivity (Wildman–Crippen MR) is 329 cm³/mol. The molecule has 0 heterocycles. The summed E-state index contributed by atoms with van der Waals surface area (Å²) in [7, 11) is 0. The standard InChI is InChI=1S/C69H135NO5/c1-3-5-7-9-11-13-15-17-18-19-29-33-36-39-43-47-51-55-59-63-69(74)75-64-60-56-52-48-44-40-37-34-31-28-26-24-22-20-21-23-25-27-30-32-35-38-42-46-50-54-58-62-68(73)70-66(65-71)67(72)61-57-53-49-45-41-16-14-12-10-8-6-4-2/h57,61,66-67,71-72H,3-56,58-60,62-65H2,1-2H3,(H,70,73)/b61-57+. The minimum Gasteiger partial charge on any atom is -0.466 e. The molecule has 0 aromatic heterocycles. The van der Waals surface area contributed by atoms with Crippen LogP contribution >= 0.6 is 0 Å². The van der Waals surface area contributed by atoms with E-state index in [2.05, 4.69) is 19.2 Å². The van der Waals surface area contributed by atoms with Crippen molar-refractivity contribution in [2.45, 2.75) is 405 Å². The Morgan fingerprint density at radius 1 is 0.360 bits per heavy atom. The number of carbonyl (C=O) groups excluding carboxylic acids is 2. The summed E-state index contributed by atoms with van der Waals surface area (Å²) in [6.45, 7) is 4.94. The van der Waals surface area contributed by atoms with Crippen molar-refractivity contribution in [1.82, 2.24) is 5.32 Å². The van der Waals surface area contributed by atoms with E-state index in [1.165, 1.54) is 327 Å². The Bertz CT molecular complexity index is 1130. The largest absolute Gasteiger partial charge is 0.466 e. The van der Waals surface area contributed by atoms with E-state index in [9.17, 15) is 19.8 Å². The van der Waals surface area contributed by atoms with Gasteiger partial charge in [0.2, 0.25) is 5.91 Å². The van der Waals surface area contributed by atoms with Gasteiger partial charge in [-0.05, 0) is 32.1 Å². The minimum absolute atomic E-state index is 0.0233. The molecule has 0 rings (SSSR count). The summed E-state index contributed by atoms with van der Waals surface area (Å²) in [6.07, 6.45) is 80.1. The molecule has 0 aliphatic heterocycles. The lowest BCUT2D eigenvalue weighted by Gasteiger charge is -2.20. The summed E-state index contributed by atoms with van der Waals surface area (Å²) in [5.41, 5.74) is 0. The summed E-state index contributed by atoms with van der Waals surface area (Å²) in [4.78, 5) is 24.6. The van der Waals surface area contributed by atoms with Gasteiger partial charge in [0.25, 0.3) is 0 Å². The second kappa shape index (κ2) is 65.1. The molecule has 446 valence electrons. The van der Waals surface area contributed by atoms with Gasteiger partial charge < -0.3 is 20.3 Å². The fraction of sp³-hybridized carbons (Fsp3) is 0.942. The van der Waals surface area contributed by atoms with E-state index in [-0.39, 0.29) is 18.5 Å². The smallest absolute Gasteiger partial charge is 0.305 e. The highest BCUT2D eigenvalue weighted by atomic mass is 16.5. The van der Waals surface area contributed by atoms with Gasteiger partial charge in [-0.3, -0.25) is 9.59 Å². The van der Waals surface area contributed by atoms with Gasteiger partial charge >= 0.3 is 5.97 Å². The summed E-state index contributed by atoms with van der Waals surface area (Å²) in [5, 5.41) is 23.1. The van der Waals surface area contributed by atoms with Crippen molar-refractivity contribution < 1.29 is 24.5 Å². The van der Waals surface area contributed by atoms with Crippen LogP contribution in [-0.2, 0) is 14.3 Å². The number of carbonyl (C=O) groups is 2. The molecule has 0 aliphatic carbocycles. The average Bonchev–Trinajstić information content (AvgIpc) is 3.41. The number of allylic oxidation sites excluding steroid dienone is 1. The second-order valence-corrected chi connectivity index (χ2v) is 23.9. The second-order valence-electron chi connectivity index (χ2n) is 23.9. The van der Waals surface area contributed by atoms with E-state index >= 15 is 0 Å². The van der Waals surface area contributed by atoms with Crippen LogP contribution in [0.4, 0.5) is 0 Å². The number of aliphatic hydroxyl groups excluding tert-OH is 2. The van der Waals surface area contributed by atoms with Crippen molar-refractivity contribution in [2.24, 2.45) is 0 Å². The van der Waals surface area contributed by atoms with Crippen molar-refractivity contribution >= 4 is 11.9 Å². The third kappa shape index (κ3) is 61.7. The van der Waals surface area contributed by atoms with Gasteiger partial charge in [0.15, 0.2) is 0 Å². The number of amides is 1. The molecule has 2 atom stereocenters. The topological polar surface area (TPSA) is 95.9 Å². The third-order valence-electron chi connectivity index (χ3n) is 16.3. The van der Waals surface area contributed by atoms with Crippen LogP contribution in [0.15, 0.2) is 12.2 Å². The van der Waals surface area contributed by atoms with Gasteiger partial charge in [0.1, 0.15) is 0 Å². The SMILES string of the molecule is CCCCCCCCCCCC/C=C/C(O)C(CO)NC(=O)CCCCCCCCCCCCCCCCCCCCCCCCCCCCCOC(=O)CCCCCCCCCCCCCCCCCCCCC. The van der Waals surface area contributed by atoms with E-state index in [4.69, 9.17) is 4.74 Å². The summed E-state index contributed by atoms with van der Waals surface area (Å²) in [6, 6.07) is -0.624. The van der Waals surface area contributed by atoms with Gasteiger partial charge in [-0.15, -0.1) is 0 Å². The maximum absolute atomic E-state index is 12.4. The molecule has 75 heavy (non-hydrogen) atoms. The number of unbranched alkanes of at least 4 members (excludes halogenated alkanes) is 54. The number of nitrogens with one attached hydrogen (secondary N) is 1. The number of ether oxygens (including phenoxy) is 1. The molecule has 0 aromatic carbocycles. The van der Waals surface area contributed by atoms with E-state index in [0.717, 1.165) is 38.5 Å². The van der Waals surface area contributed by atoms with Crippen LogP contribution in [0, 0.1) is 0 Å². The third-order valence-corrected chi connectivity index (χ3v) is 16.3. The Kier molecular flexibility index (Phi) is 63.9. The number of hydrogen-bond acceptors (Lipinski definition) is 5. The first kappa shape index (κ1) is 73.6. The first-order chi connectivity index (χ1) is 37.0. The Hall–Kier alpha value is -1.40. The first-order valence-corrected chi connectivity index (χ1v) is 34.5. The molecular weight excluding hydrogens is 923 g/mol. The van der Waals surface area contributed by atoms with Crippen molar-refractivity contribution in [3.63, 3.8) is 0 Å². The van der Waals surface area contributed by atoms with E-state index in [0.29, 0.717) is 19.4 Å². The quantitative estimate of drug-likeness (QED) is 0.0320. The van der Waals surface area contributed by atoms with Gasteiger partial charge in [0, 0.05) is 12.8 Å². The maximum atomic E-state index is 12.4. The lowest BCUT2D eigenvalue weighted by Crippen LogP contribution is -2.45. The fourth-order valence-corrected chi connectivity index (χ4v) is 11.1. The maximum Gasteiger partial charge on any atom is 0.305 e. The van der Waals surface area contributed by atoms with Crippen LogP contribution < -0.4 is 5.32 Å². The summed E-state index contributed by atoms with van der Waals surface area (Å²) >= 11 is 0. The molecule has 2 unspecified atom stereocenters. The highest BCUT2D eigenvalue weighted by Crippen LogP contribution is 2.19. The predicted octanol–water partition coefficient (Wildman–Crippen LogP) is 22.0. The van der Waals surface area contributed by atoms with E-state index in [1.807, 2.05) is 6.08 Å². The molecule has 6 heteroatoms. The molecule has 3 N–H and O–H groups in total. The molecule has 0 saturated heterocycles. The lowest BCUT2D eigenvalue weighted by molar-refractivity contribution is -0.143. The molecule has 0 saturated carbocycles. The monoisotopic (exact) mass is 1060 g/mol. The lowest BCUT2D eigenvalue weighted by atomic mass is 10.0. The van der Waals surface area contributed by atoms with Gasteiger partial charge in [-0.2, -0.15) is 0 Å². The van der Waals surface area contributed by atoms with Crippen molar-refractivity contribution in [3.8, 4) is 0 Å². The zero-order chi connectivity index (χ0) is 54.3. The number of hydrogen-bond donors (Lipinski definition) is 3. The van der Waals surface area contributed by atoms with Crippen LogP contribution in [0.5, 0.6) is 0 Å². The molecule has 0 aromatic rings. The van der Waals surface area contributed by atoms with Crippen LogP contribution in [-0.4, -0.2) is 47.4 Å². The van der Waals surface area contributed by atoms with Crippen LogP contribution in [0.25, 0.3) is 0 Å². The zero-order valence-electron chi connectivity index (χ0n) is 51.1. The van der Waals surface area contributed by atoms with E-state index in [1.54, 1.807) is 6.08 Å². The normalized spacial score (nSPS) is 12.5. The van der Waals surface area contributed by atoms with Crippen LogP contribution in [0.1, 0.15) is 393 Å². The Morgan fingerprint density at radius 2 is 0.613 bits per heavy atom. The van der Waals surface area contributed by atoms with E-state index < -0.39 is 12.1 Å². The van der Waals surface area contributed by atoms with Gasteiger partial charge in [0.05, 0.1) is 25.4 Å². The molecule has 6 nitrogen and oxygen atoms in total.